The van der Waals surface area contributed by atoms with Crippen LogP contribution in [0.15, 0.2) is 40.9 Å². The maximum Gasteiger partial charge on any atom is 0.163 e. The Bertz CT molecular complexity index is 827. The van der Waals surface area contributed by atoms with Gasteiger partial charge in [0, 0.05) is 5.56 Å². The molecule has 0 aliphatic heterocycles. The first-order valence-corrected chi connectivity index (χ1v) is 6.52. The SMILES string of the molecule is N=C(N)c1ccc(-n2nnc3ccccc32)c(F)c1Br. The molecule has 7 heteroatoms. The quantitative estimate of drug-likeness (QED) is 0.558. The molecule has 0 unspecified atom stereocenters. The van der Waals surface area contributed by atoms with Gasteiger partial charge in [-0.1, -0.05) is 17.3 Å². The zero-order valence-corrected chi connectivity index (χ0v) is 11.7. The molecule has 0 saturated carbocycles. The van der Waals surface area contributed by atoms with Gasteiger partial charge in [-0.05, 0) is 40.2 Å². The van der Waals surface area contributed by atoms with Gasteiger partial charge in [0.1, 0.15) is 17.0 Å². The minimum Gasteiger partial charge on any atom is -0.384 e. The fourth-order valence-electron chi connectivity index (χ4n) is 1.96. The van der Waals surface area contributed by atoms with E-state index in [2.05, 4.69) is 26.2 Å². The third-order valence-corrected chi connectivity index (χ3v) is 3.71. The Morgan fingerprint density at radius 3 is 2.75 bits per heavy atom. The van der Waals surface area contributed by atoms with E-state index in [-0.39, 0.29) is 16.0 Å². The number of nitrogen functional groups attached to an aromatic ring is 1. The van der Waals surface area contributed by atoms with E-state index in [1.165, 1.54) is 10.7 Å². The molecular formula is C13H9BrFN5. The first-order valence-electron chi connectivity index (χ1n) is 5.73. The van der Waals surface area contributed by atoms with E-state index >= 15 is 0 Å². The van der Waals surface area contributed by atoms with Gasteiger partial charge in [-0.2, -0.15) is 0 Å². The molecular weight excluding hydrogens is 325 g/mol. The number of nitrogens with two attached hydrogens (primary N) is 1. The van der Waals surface area contributed by atoms with E-state index in [1.54, 1.807) is 12.1 Å². The molecule has 0 atom stereocenters. The van der Waals surface area contributed by atoms with Crippen molar-refractivity contribution in [1.82, 2.24) is 15.0 Å². The van der Waals surface area contributed by atoms with Crippen molar-refractivity contribution in [2.24, 2.45) is 5.73 Å². The fraction of sp³-hybridized carbons (Fsp3) is 0. The van der Waals surface area contributed by atoms with Gasteiger partial charge in [0.25, 0.3) is 0 Å². The molecule has 3 aromatic rings. The Labute approximate surface area is 121 Å². The Morgan fingerprint density at radius 1 is 1.25 bits per heavy atom. The summed E-state index contributed by atoms with van der Waals surface area (Å²) < 4.78 is 16.0. The molecule has 20 heavy (non-hydrogen) atoms. The summed E-state index contributed by atoms with van der Waals surface area (Å²) in [6, 6.07) is 10.4. The van der Waals surface area contributed by atoms with Crippen molar-refractivity contribution in [1.29, 1.82) is 5.41 Å². The number of halogens is 2. The van der Waals surface area contributed by atoms with E-state index in [0.29, 0.717) is 16.6 Å². The van der Waals surface area contributed by atoms with Crippen molar-refractivity contribution in [3.8, 4) is 5.69 Å². The highest BCUT2D eigenvalue weighted by Crippen LogP contribution is 2.27. The number of para-hydroxylation sites is 1. The Balaban J connectivity index is 2.25. The molecule has 1 heterocycles. The van der Waals surface area contributed by atoms with Gasteiger partial charge in [-0.25, -0.2) is 9.07 Å². The molecule has 0 spiro atoms. The highest BCUT2D eigenvalue weighted by atomic mass is 79.9. The van der Waals surface area contributed by atoms with E-state index in [1.807, 2.05) is 18.2 Å². The number of hydrogen-bond donors (Lipinski definition) is 2. The van der Waals surface area contributed by atoms with Crippen molar-refractivity contribution in [3.63, 3.8) is 0 Å². The largest absolute Gasteiger partial charge is 0.384 e. The van der Waals surface area contributed by atoms with Crippen LogP contribution in [0.2, 0.25) is 0 Å². The molecule has 0 aliphatic rings. The third-order valence-electron chi connectivity index (χ3n) is 2.93. The highest BCUT2D eigenvalue weighted by molar-refractivity contribution is 9.10. The predicted octanol–water partition coefficient (Wildman–Crippen LogP) is 2.61. The maximum absolute atomic E-state index is 14.4. The highest BCUT2D eigenvalue weighted by Gasteiger charge is 2.16. The van der Waals surface area contributed by atoms with Crippen LogP contribution >= 0.6 is 15.9 Å². The van der Waals surface area contributed by atoms with E-state index < -0.39 is 5.82 Å². The van der Waals surface area contributed by atoms with Crippen molar-refractivity contribution >= 4 is 32.8 Å². The van der Waals surface area contributed by atoms with Crippen molar-refractivity contribution < 1.29 is 4.39 Å². The number of amidine groups is 1. The number of fused-ring (bicyclic) bond motifs is 1. The standard InChI is InChI=1S/C13H9BrFN5/c14-11-7(13(16)17)5-6-10(12(11)15)20-9-4-2-1-3-8(9)18-19-20/h1-6H,(H3,16,17). The molecule has 2 aromatic carbocycles. The molecule has 0 amide bonds. The molecule has 1 aromatic heterocycles. The third kappa shape index (κ3) is 1.87. The van der Waals surface area contributed by atoms with Gasteiger partial charge >= 0.3 is 0 Å². The lowest BCUT2D eigenvalue weighted by atomic mass is 10.2. The van der Waals surface area contributed by atoms with Crippen LogP contribution in [0.5, 0.6) is 0 Å². The zero-order valence-electron chi connectivity index (χ0n) is 10.1. The smallest absolute Gasteiger partial charge is 0.163 e. The van der Waals surface area contributed by atoms with Crippen LogP contribution in [-0.2, 0) is 0 Å². The molecule has 3 rings (SSSR count). The second kappa shape index (κ2) is 4.68. The zero-order chi connectivity index (χ0) is 14.3. The lowest BCUT2D eigenvalue weighted by molar-refractivity contribution is 0.603. The van der Waals surface area contributed by atoms with Gasteiger partial charge in [-0.15, -0.1) is 5.10 Å². The molecule has 5 nitrogen and oxygen atoms in total. The minimum absolute atomic E-state index is 0.141. The second-order valence-corrected chi connectivity index (χ2v) is 4.96. The topological polar surface area (TPSA) is 80.6 Å². The summed E-state index contributed by atoms with van der Waals surface area (Å²) >= 11 is 3.12. The Kier molecular flexibility index (Phi) is 2.98. The molecule has 0 bridgehead atoms. The molecule has 0 fully saturated rings. The summed E-state index contributed by atoms with van der Waals surface area (Å²) in [5.74, 6) is -0.737. The van der Waals surface area contributed by atoms with Gasteiger partial charge in [0.05, 0.1) is 9.99 Å². The van der Waals surface area contributed by atoms with E-state index in [0.717, 1.165) is 0 Å². The number of rotatable bonds is 2. The van der Waals surface area contributed by atoms with E-state index in [4.69, 9.17) is 11.1 Å². The van der Waals surface area contributed by atoms with Crippen LogP contribution in [0, 0.1) is 11.2 Å². The monoisotopic (exact) mass is 333 g/mol. The van der Waals surface area contributed by atoms with E-state index in [9.17, 15) is 4.39 Å². The summed E-state index contributed by atoms with van der Waals surface area (Å²) in [6.45, 7) is 0. The average molecular weight is 334 g/mol. The minimum atomic E-state index is -0.534. The van der Waals surface area contributed by atoms with Crippen LogP contribution < -0.4 is 5.73 Å². The normalized spacial score (nSPS) is 10.9. The number of nitrogens with zero attached hydrogens (tertiary/aromatic N) is 3. The van der Waals surface area contributed by atoms with Crippen LogP contribution in [0.3, 0.4) is 0 Å². The summed E-state index contributed by atoms with van der Waals surface area (Å²) in [4.78, 5) is 0. The Hall–Kier alpha value is -2.28. The van der Waals surface area contributed by atoms with Gasteiger partial charge in [0.2, 0.25) is 0 Å². The number of nitrogens with one attached hydrogen (secondary N) is 1. The maximum atomic E-state index is 14.4. The molecule has 0 radical (unpaired) electrons. The van der Waals surface area contributed by atoms with Crippen LogP contribution in [0.4, 0.5) is 4.39 Å². The van der Waals surface area contributed by atoms with Crippen LogP contribution in [-0.4, -0.2) is 20.8 Å². The number of aromatic nitrogens is 3. The first kappa shape index (κ1) is 12.7. The first-order chi connectivity index (χ1) is 9.59. The fourth-order valence-corrected chi connectivity index (χ4v) is 2.51. The van der Waals surface area contributed by atoms with Crippen molar-refractivity contribution in [2.75, 3.05) is 0 Å². The summed E-state index contributed by atoms with van der Waals surface area (Å²) in [6.07, 6.45) is 0. The van der Waals surface area contributed by atoms with Crippen molar-refractivity contribution in [3.05, 3.63) is 52.3 Å². The average Bonchev–Trinajstić information content (AvgIpc) is 2.85. The summed E-state index contributed by atoms with van der Waals surface area (Å²) in [5, 5.41) is 15.3. The summed E-state index contributed by atoms with van der Waals surface area (Å²) in [5.41, 5.74) is 7.32. The number of hydrogen-bond acceptors (Lipinski definition) is 3. The number of benzene rings is 2. The second-order valence-electron chi connectivity index (χ2n) is 4.16. The summed E-state index contributed by atoms with van der Waals surface area (Å²) in [7, 11) is 0. The molecule has 0 saturated heterocycles. The predicted molar refractivity (Wildman–Crippen MR) is 77.5 cm³/mol. The van der Waals surface area contributed by atoms with Crippen LogP contribution in [0.1, 0.15) is 5.56 Å². The molecule has 0 aliphatic carbocycles. The Morgan fingerprint density at radius 2 is 2.00 bits per heavy atom. The molecule has 3 N–H and O–H groups in total. The van der Waals surface area contributed by atoms with Gasteiger partial charge in [0.15, 0.2) is 5.82 Å². The van der Waals surface area contributed by atoms with Crippen LogP contribution in [0.25, 0.3) is 16.7 Å². The lowest BCUT2D eigenvalue weighted by Gasteiger charge is -2.09. The van der Waals surface area contributed by atoms with Crippen molar-refractivity contribution in [2.45, 2.75) is 0 Å². The molecule has 100 valence electrons. The van der Waals surface area contributed by atoms with Gasteiger partial charge < -0.3 is 5.73 Å². The van der Waals surface area contributed by atoms with Gasteiger partial charge in [-0.3, -0.25) is 5.41 Å². The lowest BCUT2D eigenvalue weighted by Crippen LogP contribution is -2.13.